The number of benzene rings is 2. The Labute approximate surface area is 215 Å². The molecule has 1 aliphatic heterocycles. The molecular weight excluding hydrogens is 471 g/mol. The maximum absolute atomic E-state index is 13.5. The average Bonchev–Trinajstić information content (AvgIpc) is 3.43. The molecule has 2 amide bonds. The summed E-state index contributed by atoms with van der Waals surface area (Å²) in [7, 11) is 0. The molecule has 0 saturated heterocycles. The molecule has 6 N–H and O–H groups in total. The molecular formula is C28H31FN6O2. The molecule has 0 fully saturated rings. The van der Waals surface area contributed by atoms with Crippen molar-refractivity contribution in [3.05, 3.63) is 94.7 Å². The molecule has 4 rings (SSSR count). The van der Waals surface area contributed by atoms with Crippen molar-refractivity contribution in [2.75, 3.05) is 24.1 Å². The number of hydrogen-bond acceptors (Lipinski definition) is 5. The van der Waals surface area contributed by atoms with Crippen molar-refractivity contribution in [3.63, 3.8) is 0 Å². The minimum atomic E-state index is -0.565. The zero-order valence-electron chi connectivity index (χ0n) is 20.9. The molecule has 0 spiro atoms. The van der Waals surface area contributed by atoms with Crippen LogP contribution in [0.3, 0.4) is 0 Å². The van der Waals surface area contributed by atoms with Crippen LogP contribution in [0.1, 0.15) is 35.5 Å². The molecule has 2 heterocycles. The number of carbonyl (C=O) groups excluding carboxylic acids is 2. The van der Waals surface area contributed by atoms with Crippen LogP contribution in [0, 0.1) is 17.1 Å². The van der Waals surface area contributed by atoms with Crippen molar-refractivity contribution in [1.29, 1.82) is 5.41 Å². The van der Waals surface area contributed by atoms with E-state index in [1.807, 2.05) is 32.0 Å². The van der Waals surface area contributed by atoms with Gasteiger partial charge in [-0.05, 0) is 53.9 Å². The SMILES string of the molecule is CCc1cccc(NC(=O)C(=N)C2=C(NCc3ccc(F)cc3N)C(C)CN(C(=O)c3ccc[nH]3)C2)c1. The highest BCUT2D eigenvalue weighted by atomic mass is 19.1. The van der Waals surface area contributed by atoms with Gasteiger partial charge in [0.15, 0.2) is 0 Å². The molecule has 3 aromatic rings. The molecule has 37 heavy (non-hydrogen) atoms. The number of nitrogens with one attached hydrogen (secondary N) is 4. The topological polar surface area (TPSA) is 127 Å². The molecule has 8 nitrogen and oxygen atoms in total. The van der Waals surface area contributed by atoms with Crippen molar-refractivity contribution in [2.24, 2.45) is 5.92 Å². The highest BCUT2D eigenvalue weighted by Gasteiger charge is 2.32. The second-order valence-electron chi connectivity index (χ2n) is 9.14. The quantitative estimate of drug-likeness (QED) is 0.235. The minimum Gasteiger partial charge on any atom is -0.398 e. The highest BCUT2D eigenvalue weighted by Crippen LogP contribution is 2.25. The molecule has 192 valence electrons. The van der Waals surface area contributed by atoms with Crippen molar-refractivity contribution < 1.29 is 14.0 Å². The Morgan fingerprint density at radius 2 is 2.00 bits per heavy atom. The third kappa shape index (κ3) is 5.88. The summed E-state index contributed by atoms with van der Waals surface area (Å²) in [6, 6.07) is 15.1. The molecule has 1 aliphatic rings. The minimum absolute atomic E-state index is 0.0880. The zero-order chi connectivity index (χ0) is 26.5. The van der Waals surface area contributed by atoms with E-state index in [1.54, 1.807) is 35.4 Å². The summed E-state index contributed by atoms with van der Waals surface area (Å²) >= 11 is 0. The lowest BCUT2D eigenvalue weighted by Crippen LogP contribution is -2.46. The average molecular weight is 503 g/mol. The Bertz CT molecular complexity index is 1350. The number of nitrogens with two attached hydrogens (primary N) is 1. The Morgan fingerprint density at radius 1 is 1.19 bits per heavy atom. The molecule has 0 saturated carbocycles. The molecule has 1 aromatic heterocycles. The summed E-state index contributed by atoms with van der Waals surface area (Å²) < 4.78 is 13.5. The van der Waals surface area contributed by atoms with Crippen LogP contribution in [0.4, 0.5) is 15.8 Å². The van der Waals surface area contributed by atoms with Crippen molar-refractivity contribution in [3.8, 4) is 0 Å². The molecule has 0 bridgehead atoms. The molecule has 1 unspecified atom stereocenters. The van der Waals surface area contributed by atoms with Crippen LogP contribution >= 0.6 is 0 Å². The Kier molecular flexibility index (Phi) is 7.71. The van der Waals surface area contributed by atoms with Gasteiger partial charge in [-0.25, -0.2) is 4.39 Å². The molecule has 1 atom stereocenters. The number of carbonyl (C=O) groups is 2. The van der Waals surface area contributed by atoms with Crippen molar-refractivity contribution in [2.45, 2.75) is 26.8 Å². The van der Waals surface area contributed by atoms with E-state index < -0.39 is 11.7 Å². The highest BCUT2D eigenvalue weighted by molar-refractivity contribution is 6.48. The third-order valence-electron chi connectivity index (χ3n) is 6.48. The van der Waals surface area contributed by atoms with Gasteiger partial charge in [0.1, 0.15) is 17.2 Å². The lowest BCUT2D eigenvalue weighted by atomic mass is 9.92. The predicted molar refractivity (Wildman–Crippen MR) is 143 cm³/mol. The summed E-state index contributed by atoms with van der Waals surface area (Å²) in [5.41, 5.74) is 9.97. The summed E-state index contributed by atoms with van der Waals surface area (Å²) in [6.07, 6.45) is 2.50. The van der Waals surface area contributed by atoms with E-state index >= 15 is 0 Å². The fraction of sp³-hybridized carbons (Fsp3) is 0.250. The van der Waals surface area contributed by atoms with Gasteiger partial charge in [0.25, 0.3) is 11.8 Å². The first kappa shape index (κ1) is 25.7. The van der Waals surface area contributed by atoms with Gasteiger partial charge in [-0.3, -0.25) is 15.0 Å². The molecule has 9 heteroatoms. The standard InChI is InChI=1S/C28H31FN6O2/c1-3-18-6-4-7-21(12-18)34-27(36)25(31)22-16-35(28(37)24-8-5-11-32-24)15-17(2)26(22)33-14-19-9-10-20(29)13-23(19)30/h4-13,17,31-33H,3,14-16,30H2,1-2H3,(H,34,36). The first-order valence-corrected chi connectivity index (χ1v) is 12.2. The number of amides is 2. The fourth-order valence-corrected chi connectivity index (χ4v) is 4.46. The number of aromatic nitrogens is 1. The normalized spacial score (nSPS) is 15.4. The van der Waals surface area contributed by atoms with E-state index in [-0.39, 0.29) is 30.6 Å². The Morgan fingerprint density at radius 3 is 2.70 bits per heavy atom. The lowest BCUT2D eigenvalue weighted by molar-refractivity contribution is -0.110. The second-order valence-corrected chi connectivity index (χ2v) is 9.14. The number of rotatable bonds is 8. The summed E-state index contributed by atoms with van der Waals surface area (Å²) in [4.78, 5) is 30.8. The fourth-order valence-electron chi connectivity index (χ4n) is 4.46. The molecule has 0 aliphatic carbocycles. The number of aryl methyl sites for hydroxylation is 1. The Hall–Kier alpha value is -4.40. The number of hydrogen-bond donors (Lipinski definition) is 5. The van der Waals surface area contributed by atoms with E-state index in [1.165, 1.54) is 12.1 Å². The number of anilines is 2. The predicted octanol–water partition coefficient (Wildman–Crippen LogP) is 4.09. The Balaban J connectivity index is 1.62. The van der Waals surface area contributed by atoms with Gasteiger partial charge < -0.3 is 26.3 Å². The van der Waals surface area contributed by atoms with Crippen LogP contribution in [0.2, 0.25) is 0 Å². The molecule has 2 aromatic carbocycles. The van der Waals surface area contributed by atoms with E-state index in [4.69, 9.17) is 11.1 Å². The number of nitrogen functional groups attached to an aromatic ring is 1. The van der Waals surface area contributed by atoms with Crippen molar-refractivity contribution in [1.82, 2.24) is 15.2 Å². The van der Waals surface area contributed by atoms with Crippen LogP contribution in [-0.2, 0) is 17.8 Å². The van der Waals surface area contributed by atoms with Crippen molar-refractivity contribution >= 4 is 28.9 Å². The van der Waals surface area contributed by atoms with E-state index in [0.29, 0.717) is 40.4 Å². The van der Waals surface area contributed by atoms with Gasteiger partial charge in [-0.15, -0.1) is 0 Å². The number of H-pyrrole nitrogens is 1. The van der Waals surface area contributed by atoms with Crippen LogP contribution in [0.25, 0.3) is 0 Å². The second kappa shape index (κ2) is 11.1. The van der Waals surface area contributed by atoms with Gasteiger partial charge in [-0.2, -0.15) is 0 Å². The van der Waals surface area contributed by atoms with Gasteiger partial charge in [-0.1, -0.05) is 32.0 Å². The monoisotopic (exact) mass is 502 g/mol. The summed E-state index contributed by atoms with van der Waals surface area (Å²) in [5, 5.41) is 14.9. The van der Waals surface area contributed by atoms with Gasteiger partial charge in [0.2, 0.25) is 0 Å². The van der Waals surface area contributed by atoms with Crippen LogP contribution in [0.5, 0.6) is 0 Å². The maximum Gasteiger partial charge on any atom is 0.273 e. The van der Waals surface area contributed by atoms with Gasteiger partial charge >= 0.3 is 0 Å². The van der Waals surface area contributed by atoms with Crippen LogP contribution < -0.4 is 16.4 Å². The summed E-state index contributed by atoms with van der Waals surface area (Å²) in [6.45, 7) is 4.73. The van der Waals surface area contributed by atoms with E-state index in [0.717, 1.165) is 12.0 Å². The number of aromatic amines is 1. The molecule has 0 radical (unpaired) electrons. The summed E-state index contributed by atoms with van der Waals surface area (Å²) in [5.74, 6) is -1.39. The van der Waals surface area contributed by atoms with Crippen LogP contribution in [0.15, 0.2) is 72.1 Å². The van der Waals surface area contributed by atoms with Gasteiger partial charge in [0, 0.05) is 47.8 Å². The third-order valence-corrected chi connectivity index (χ3v) is 6.48. The lowest BCUT2D eigenvalue weighted by Gasteiger charge is -2.35. The van der Waals surface area contributed by atoms with E-state index in [9.17, 15) is 14.0 Å². The van der Waals surface area contributed by atoms with E-state index in [2.05, 4.69) is 15.6 Å². The van der Waals surface area contributed by atoms with Gasteiger partial charge in [0.05, 0.1) is 6.54 Å². The largest absolute Gasteiger partial charge is 0.398 e. The first-order chi connectivity index (χ1) is 17.8. The smallest absolute Gasteiger partial charge is 0.273 e. The number of nitrogens with zero attached hydrogens (tertiary/aromatic N) is 1. The first-order valence-electron chi connectivity index (χ1n) is 12.2. The van der Waals surface area contributed by atoms with Crippen LogP contribution in [-0.4, -0.2) is 40.5 Å². The number of halogens is 1. The maximum atomic E-state index is 13.5. The zero-order valence-corrected chi connectivity index (χ0v) is 20.9.